The fourth-order valence-electron chi connectivity index (χ4n) is 1.80. The molecule has 0 spiro atoms. The quantitative estimate of drug-likeness (QED) is 0.692. The molecule has 124 valence electrons. The van der Waals surface area contributed by atoms with Crippen LogP contribution in [0.2, 0.25) is 0 Å². The van der Waals surface area contributed by atoms with Crippen molar-refractivity contribution in [2.24, 2.45) is 0 Å². The second-order valence-corrected chi connectivity index (χ2v) is 4.81. The fourth-order valence-corrected chi connectivity index (χ4v) is 1.80. The van der Waals surface area contributed by atoms with Crippen LogP contribution in [-0.4, -0.2) is 36.8 Å². The highest BCUT2D eigenvalue weighted by atomic mass is 19.1. The predicted octanol–water partition coefficient (Wildman–Crippen LogP) is 3.21. The Kier molecular flexibility index (Phi) is 6.56. The lowest BCUT2D eigenvalue weighted by Gasteiger charge is -2.10. The molecule has 2 aromatic rings. The molecule has 0 bridgehead atoms. The molecule has 2 N–H and O–H groups in total. The zero-order valence-corrected chi connectivity index (χ0v) is 13.3. The van der Waals surface area contributed by atoms with Crippen LogP contribution in [0.5, 0.6) is 5.75 Å². The summed E-state index contributed by atoms with van der Waals surface area (Å²) in [5.74, 6) is 0.811. The maximum Gasteiger partial charge on any atom is 0.229 e. The second-order valence-electron chi connectivity index (χ2n) is 4.81. The van der Waals surface area contributed by atoms with Gasteiger partial charge in [-0.05, 0) is 30.7 Å². The Balaban J connectivity index is 1.98. The first kappa shape index (κ1) is 17.0. The Morgan fingerprint density at radius 3 is 2.65 bits per heavy atom. The fraction of sp³-hybridized carbons (Fsp3) is 0.375. The molecular formula is C16H21FN4O2. The van der Waals surface area contributed by atoms with Crippen molar-refractivity contribution >= 4 is 17.5 Å². The second kappa shape index (κ2) is 8.89. The van der Waals surface area contributed by atoms with Gasteiger partial charge in [-0.3, -0.25) is 0 Å². The maximum absolute atomic E-state index is 13.6. The number of methoxy groups -OCH3 is 1. The van der Waals surface area contributed by atoms with E-state index < -0.39 is 5.82 Å². The number of aromatic nitrogens is 2. The zero-order valence-electron chi connectivity index (χ0n) is 13.3. The molecule has 0 aliphatic heterocycles. The van der Waals surface area contributed by atoms with E-state index in [1.54, 1.807) is 7.11 Å². The summed E-state index contributed by atoms with van der Waals surface area (Å²) in [5.41, 5.74) is 0.789. The van der Waals surface area contributed by atoms with Crippen LogP contribution >= 0.6 is 0 Å². The van der Waals surface area contributed by atoms with Crippen LogP contribution < -0.4 is 15.4 Å². The normalized spacial score (nSPS) is 10.4. The van der Waals surface area contributed by atoms with Gasteiger partial charge in [0.1, 0.15) is 12.4 Å². The molecule has 1 aromatic heterocycles. The van der Waals surface area contributed by atoms with E-state index >= 15 is 0 Å². The van der Waals surface area contributed by atoms with Crippen molar-refractivity contribution in [3.05, 3.63) is 36.3 Å². The van der Waals surface area contributed by atoms with Crippen molar-refractivity contribution in [2.45, 2.75) is 13.3 Å². The van der Waals surface area contributed by atoms with Crippen LogP contribution in [0.4, 0.5) is 21.8 Å². The van der Waals surface area contributed by atoms with Crippen molar-refractivity contribution in [3.63, 3.8) is 0 Å². The third-order valence-corrected chi connectivity index (χ3v) is 2.95. The Morgan fingerprint density at radius 2 is 1.96 bits per heavy atom. The number of rotatable bonds is 9. The number of halogens is 1. The molecule has 1 aromatic carbocycles. The van der Waals surface area contributed by atoms with Gasteiger partial charge in [-0.25, -0.2) is 9.37 Å². The molecule has 0 aliphatic carbocycles. The molecule has 0 unspecified atom stereocenters. The molecule has 0 atom stereocenters. The number of nitrogens with zero attached hydrogens (tertiary/aromatic N) is 2. The Labute approximate surface area is 135 Å². The van der Waals surface area contributed by atoms with E-state index in [9.17, 15) is 4.39 Å². The van der Waals surface area contributed by atoms with E-state index in [0.717, 1.165) is 24.1 Å². The van der Waals surface area contributed by atoms with Crippen LogP contribution in [-0.2, 0) is 4.74 Å². The molecule has 6 nitrogen and oxygen atoms in total. The van der Waals surface area contributed by atoms with Crippen molar-refractivity contribution in [2.75, 3.05) is 37.5 Å². The highest BCUT2D eigenvalue weighted by molar-refractivity contribution is 5.56. The Bertz CT molecular complexity index is 608. The minimum Gasteiger partial charge on any atom is -0.491 e. The minimum absolute atomic E-state index is 0.198. The SMILES string of the molecule is CCCNc1nc(Nc2ccc(OCCOC)cc2)ncc1F. The summed E-state index contributed by atoms with van der Waals surface area (Å²) < 4.78 is 24.0. The van der Waals surface area contributed by atoms with E-state index in [4.69, 9.17) is 9.47 Å². The van der Waals surface area contributed by atoms with Crippen LogP contribution in [0, 0.1) is 5.82 Å². The van der Waals surface area contributed by atoms with E-state index in [2.05, 4.69) is 20.6 Å². The van der Waals surface area contributed by atoms with Gasteiger partial charge < -0.3 is 20.1 Å². The van der Waals surface area contributed by atoms with Gasteiger partial charge in [0.25, 0.3) is 0 Å². The lowest BCUT2D eigenvalue weighted by atomic mass is 10.3. The summed E-state index contributed by atoms with van der Waals surface area (Å²) in [7, 11) is 1.63. The summed E-state index contributed by atoms with van der Waals surface area (Å²) in [5, 5.41) is 5.96. The summed E-state index contributed by atoms with van der Waals surface area (Å²) in [6.07, 6.45) is 2.03. The average molecular weight is 320 g/mol. The Morgan fingerprint density at radius 1 is 1.17 bits per heavy atom. The van der Waals surface area contributed by atoms with Crippen molar-refractivity contribution in [1.29, 1.82) is 0 Å². The Hall–Kier alpha value is -2.41. The van der Waals surface area contributed by atoms with Gasteiger partial charge in [0.2, 0.25) is 5.95 Å². The average Bonchev–Trinajstić information content (AvgIpc) is 2.57. The van der Waals surface area contributed by atoms with Gasteiger partial charge in [0.05, 0.1) is 12.8 Å². The van der Waals surface area contributed by atoms with E-state index in [1.165, 1.54) is 0 Å². The van der Waals surface area contributed by atoms with Crippen LogP contribution in [0.3, 0.4) is 0 Å². The van der Waals surface area contributed by atoms with E-state index in [1.807, 2.05) is 31.2 Å². The molecule has 0 saturated carbocycles. The lowest BCUT2D eigenvalue weighted by molar-refractivity contribution is 0.146. The molecule has 0 aliphatic rings. The number of hydrogen-bond acceptors (Lipinski definition) is 6. The number of anilines is 3. The van der Waals surface area contributed by atoms with Gasteiger partial charge in [0, 0.05) is 19.3 Å². The van der Waals surface area contributed by atoms with Crippen LogP contribution in [0.1, 0.15) is 13.3 Å². The number of nitrogens with one attached hydrogen (secondary N) is 2. The van der Waals surface area contributed by atoms with Gasteiger partial charge in [-0.15, -0.1) is 0 Å². The van der Waals surface area contributed by atoms with Crippen molar-refractivity contribution < 1.29 is 13.9 Å². The number of ether oxygens (including phenoxy) is 2. The third kappa shape index (κ3) is 5.37. The molecule has 23 heavy (non-hydrogen) atoms. The molecule has 0 radical (unpaired) electrons. The predicted molar refractivity (Wildman–Crippen MR) is 87.9 cm³/mol. The lowest BCUT2D eigenvalue weighted by Crippen LogP contribution is -2.07. The van der Waals surface area contributed by atoms with Gasteiger partial charge in [-0.1, -0.05) is 6.92 Å². The first-order valence-corrected chi connectivity index (χ1v) is 7.48. The molecular weight excluding hydrogens is 299 g/mol. The summed E-state index contributed by atoms with van der Waals surface area (Å²) >= 11 is 0. The van der Waals surface area contributed by atoms with Crippen LogP contribution in [0.25, 0.3) is 0 Å². The highest BCUT2D eigenvalue weighted by Gasteiger charge is 2.06. The maximum atomic E-state index is 13.6. The topological polar surface area (TPSA) is 68.3 Å². The number of benzene rings is 1. The van der Waals surface area contributed by atoms with Gasteiger partial charge >= 0.3 is 0 Å². The molecule has 1 heterocycles. The summed E-state index contributed by atoms with van der Waals surface area (Å²) in [6, 6.07) is 7.34. The zero-order chi connectivity index (χ0) is 16.5. The standard InChI is InChI=1S/C16H21FN4O2/c1-3-8-18-15-14(17)11-19-16(21-15)20-12-4-6-13(7-5-12)23-10-9-22-2/h4-7,11H,3,8-10H2,1-2H3,(H2,18,19,20,21). The monoisotopic (exact) mass is 320 g/mol. The first-order valence-electron chi connectivity index (χ1n) is 7.48. The molecule has 0 amide bonds. The smallest absolute Gasteiger partial charge is 0.229 e. The summed E-state index contributed by atoms with van der Waals surface area (Å²) in [4.78, 5) is 8.07. The largest absolute Gasteiger partial charge is 0.491 e. The highest BCUT2D eigenvalue weighted by Crippen LogP contribution is 2.19. The van der Waals surface area contributed by atoms with Gasteiger partial charge in [0.15, 0.2) is 11.6 Å². The van der Waals surface area contributed by atoms with Crippen molar-refractivity contribution in [1.82, 2.24) is 9.97 Å². The molecule has 2 rings (SSSR count). The van der Waals surface area contributed by atoms with E-state index in [0.29, 0.717) is 25.7 Å². The summed E-state index contributed by atoms with van der Waals surface area (Å²) in [6.45, 7) is 3.69. The number of hydrogen-bond donors (Lipinski definition) is 2. The third-order valence-electron chi connectivity index (χ3n) is 2.95. The minimum atomic E-state index is -0.467. The first-order chi connectivity index (χ1) is 11.2. The molecule has 0 fully saturated rings. The van der Waals surface area contributed by atoms with Crippen molar-refractivity contribution in [3.8, 4) is 5.75 Å². The molecule has 7 heteroatoms. The van der Waals surface area contributed by atoms with Gasteiger partial charge in [-0.2, -0.15) is 4.98 Å². The molecule has 0 saturated heterocycles. The van der Waals surface area contributed by atoms with Crippen LogP contribution in [0.15, 0.2) is 30.5 Å². The van der Waals surface area contributed by atoms with E-state index in [-0.39, 0.29) is 5.82 Å².